The Morgan fingerprint density at radius 1 is 0.487 bits per heavy atom. The minimum absolute atomic E-state index is 0.208. The highest BCUT2D eigenvalue weighted by Gasteiger charge is 2.51. The molecule has 2 aliphatic heterocycles. The van der Waals surface area contributed by atoms with Crippen LogP contribution in [0.3, 0.4) is 0 Å². The normalized spacial score (nSPS) is 25.7. The molecule has 0 aromatic carbocycles. The number of nitrogens with one attached hydrogen (secondary N) is 1. The number of rotatable bonds is 44. The minimum Gasteiger partial charge on any atom is -0.394 e. The molecule has 12 atom stereocenters. The summed E-state index contributed by atoms with van der Waals surface area (Å²) >= 11 is 0. The molecule has 434 valence electrons. The average Bonchev–Trinajstić information content (AvgIpc) is 3.42. The van der Waals surface area contributed by atoms with Crippen molar-refractivity contribution >= 4 is 5.91 Å². The topological polar surface area (TPSA) is 228 Å². The van der Waals surface area contributed by atoms with Gasteiger partial charge in [0.2, 0.25) is 5.91 Å². The second-order valence-electron chi connectivity index (χ2n) is 20.0. The molecule has 14 nitrogen and oxygen atoms in total. The molecule has 0 aromatic heterocycles. The molecule has 2 rings (SSSR count). The van der Waals surface area contributed by atoms with Crippen LogP contribution >= 0.6 is 0 Å². The Morgan fingerprint density at radius 2 is 0.921 bits per heavy atom. The molecule has 0 radical (unpaired) electrons. The molecule has 0 spiro atoms. The average molecular weight is 1070 g/mol. The van der Waals surface area contributed by atoms with Gasteiger partial charge in [-0.25, -0.2) is 0 Å². The van der Waals surface area contributed by atoms with Gasteiger partial charge in [-0.05, 0) is 96.3 Å². The van der Waals surface area contributed by atoms with E-state index in [2.05, 4.69) is 116 Å². The molecule has 2 fully saturated rings. The van der Waals surface area contributed by atoms with Crippen LogP contribution in [-0.2, 0) is 23.7 Å². The van der Waals surface area contributed by atoms with E-state index in [9.17, 15) is 45.6 Å². The fourth-order valence-electron chi connectivity index (χ4n) is 8.74. The zero-order valence-electron chi connectivity index (χ0n) is 46.4. The number of hydrogen-bond acceptors (Lipinski definition) is 13. The van der Waals surface area contributed by atoms with E-state index in [4.69, 9.17) is 18.9 Å². The molecule has 0 saturated carbocycles. The van der Waals surface area contributed by atoms with Gasteiger partial charge in [0, 0.05) is 6.42 Å². The number of amides is 1. The second-order valence-corrected chi connectivity index (χ2v) is 20.0. The quantitative estimate of drug-likeness (QED) is 0.0205. The highest BCUT2D eigenvalue weighted by atomic mass is 16.7. The van der Waals surface area contributed by atoms with Crippen molar-refractivity contribution < 1.29 is 64.6 Å². The Kier molecular flexibility index (Phi) is 42.1. The molecular formula is C62H103NO13. The van der Waals surface area contributed by atoms with Crippen molar-refractivity contribution in [1.82, 2.24) is 5.32 Å². The standard InChI is InChI=1S/C62H103NO13/c1-3-5-7-9-11-13-15-17-19-21-23-25-27-29-31-33-35-37-39-41-43-45-51(66)50(49-73-61-59(72)57(70)60(53(48-65)75-61)76-62-58(71)56(69)55(68)52(47-64)74-62)63-54(67)46-44-42-40-38-36-34-32-30-28-26-24-22-20-18-16-14-12-10-8-6-4-2/h6,8,12,14,18,20,24,26-27,29-30,32,35-38,43,45,50-53,55-62,64-66,68-72H,3-5,7,9-11,13,15-17,19,21-23,25,28,31,33-34,39-42,44,46-49H2,1-2H3,(H,63,67)/b8-6-,14-12-,20-18-,26-24-,29-27+,32-30-,37-35+,38-36-,45-43+. The van der Waals surface area contributed by atoms with Crippen LogP contribution in [0.25, 0.3) is 0 Å². The third-order valence-corrected chi connectivity index (χ3v) is 13.4. The molecule has 14 heteroatoms. The maximum Gasteiger partial charge on any atom is 0.220 e. The van der Waals surface area contributed by atoms with Gasteiger partial charge in [0.25, 0.3) is 0 Å². The van der Waals surface area contributed by atoms with E-state index in [0.29, 0.717) is 12.8 Å². The van der Waals surface area contributed by atoms with Crippen molar-refractivity contribution in [1.29, 1.82) is 0 Å². The molecule has 2 saturated heterocycles. The van der Waals surface area contributed by atoms with Gasteiger partial charge in [-0.1, -0.05) is 187 Å². The van der Waals surface area contributed by atoms with E-state index in [1.807, 2.05) is 6.08 Å². The van der Waals surface area contributed by atoms with E-state index in [1.54, 1.807) is 6.08 Å². The maximum absolute atomic E-state index is 13.2. The molecule has 0 bridgehead atoms. The van der Waals surface area contributed by atoms with E-state index >= 15 is 0 Å². The van der Waals surface area contributed by atoms with Crippen LogP contribution in [0.1, 0.15) is 181 Å². The van der Waals surface area contributed by atoms with Crippen molar-refractivity contribution in [2.75, 3.05) is 19.8 Å². The van der Waals surface area contributed by atoms with Gasteiger partial charge in [0.1, 0.15) is 48.8 Å². The van der Waals surface area contributed by atoms with Crippen LogP contribution in [0.2, 0.25) is 0 Å². The minimum atomic E-state index is -1.80. The number of aliphatic hydroxyl groups excluding tert-OH is 8. The zero-order chi connectivity index (χ0) is 55.3. The molecule has 0 aliphatic carbocycles. The lowest BCUT2D eigenvalue weighted by atomic mass is 9.97. The molecule has 76 heavy (non-hydrogen) atoms. The fraction of sp³-hybridized carbons (Fsp3) is 0.694. The summed E-state index contributed by atoms with van der Waals surface area (Å²) < 4.78 is 22.7. The van der Waals surface area contributed by atoms with Crippen molar-refractivity contribution in [2.24, 2.45) is 0 Å². The summed E-state index contributed by atoms with van der Waals surface area (Å²) in [7, 11) is 0. The lowest BCUT2D eigenvalue weighted by Gasteiger charge is -2.46. The Bertz CT molecular complexity index is 1690. The van der Waals surface area contributed by atoms with Gasteiger partial charge in [-0.3, -0.25) is 4.79 Å². The van der Waals surface area contributed by atoms with Gasteiger partial charge in [0.15, 0.2) is 12.6 Å². The van der Waals surface area contributed by atoms with Gasteiger partial charge in [-0.15, -0.1) is 0 Å². The Morgan fingerprint density at radius 3 is 1.45 bits per heavy atom. The first-order valence-electron chi connectivity index (χ1n) is 29.1. The molecule has 0 aromatic rings. The monoisotopic (exact) mass is 1070 g/mol. The summed E-state index contributed by atoms with van der Waals surface area (Å²) in [5.41, 5.74) is 0. The van der Waals surface area contributed by atoms with Crippen LogP contribution in [0.15, 0.2) is 109 Å². The zero-order valence-corrected chi connectivity index (χ0v) is 46.4. The van der Waals surface area contributed by atoms with Crippen LogP contribution in [0.4, 0.5) is 0 Å². The highest BCUT2D eigenvalue weighted by molar-refractivity contribution is 5.76. The molecule has 1 amide bonds. The molecule has 2 aliphatic rings. The van der Waals surface area contributed by atoms with Gasteiger partial charge in [-0.2, -0.15) is 0 Å². The molecule has 12 unspecified atom stereocenters. The first-order chi connectivity index (χ1) is 37.1. The van der Waals surface area contributed by atoms with Crippen LogP contribution < -0.4 is 5.32 Å². The van der Waals surface area contributed by atoms with Crippen molar-refractivity contribution in [3.05, 3.63) is 109 Å². The third-order valence-electron chi connectivity index (χ3n) is 13.4. The van der Waals surface area contributed by atoms with Gasteiger partial charge in [0.05, 0.1) is 32.0 Å². The smallest absolute Gasteiger partial charge is 0.220 e. The number of carbonyl (C=O) groups excluding carboxylic acids is 1. The van der Waals surface area contributed by atoms with E-state index in [1.165, 1.54) is 70.6 Å². The largest absolute Gasteiger partial charge is 0.394 e. The Balaban J connectivity index is 1.84. The number of carbonyl (C=O) groups is 1. The number of unbranched alkanes of at least 4 members (excludes halogenated alkanes) is 15. The van der Waals surface area contributed by atoms with Crippen LogP contribution in [0.5, 0.6) is 0 Å². The Labute approximate surface area is 457 Å². The Hall–Kier alpha value is -3.35. The number of hydrogen-bond donors (Lipinski definition) is 9. The van der Waals surface area contributed by atoms with E-state index in [-0.39, 0.29) is 18.9 Å². The van der Waals surface area contributed by atoms with E-state index < -0.39 is 86.8 Å². The summed E-state index contributed by atoms with van der Waals surface area (Å²) in [4.78, 5) is 13.2. The predicted octanol–water partition coefficient (Wildman–Crippen LogP) is 9.66. The summed E-state index contributed by atoms with van der Waals surface area (Å²) in [6.07, 6.45) is 48.4. The van der Waals surface area contributed by atoms with Crippen LogP contribution in [-0.4, -0.2) is 140 Å². The summed E-state index contributed by atoms with van der Waals surface area (Å²) in [6, 6.07) is -0.969. The van der Waals surface area contributed by atoms with Crippen molar-refractivity contribution in [2.45, 2.75) is 254 Å². The van der Waals surface area contributed by atoms with Gasteiger partial charge < -0.3 is 65.1 Å². The fourth-order valence-corrected chi connectivity index (χ4v) is 8.74. The summed E-state index contributed by atoms with van der Waals surface area (Å²) in [5, 5.41) is 87.0. The van der Waals surface area contributed by atoms with Crippen LogP contribution in [0, 0.1) is 0 Å². The van der Waals surface area contributed by atoms with E-state index in [0.717, 1.165) is 77.0 Å². The molecular weight excluding hydrogens is 967 g/mol. The third kappa shape index (κ3) is 31.9. The van der Waals surface area contributed by atoms with Crippen molar-refractivity contribution in [3.63, 3.8) is 0 Å². The lowest BCUT2D eigenvalue weighted by Crippen LogP contribution is -2.65. The maximum atomic E-state index is 13.2. The number of ether oxygens (including phenoxy) is 4. The highest BCUT2D eigenvalue weighted by Crippen LogP contribution is 2.30. The lowest BCUT2D eigenvalue weighted by molar-refractivity contribution is -0.359. The molecule has 2 heterocycles. The van der Waals surface area contributed by atoms with Gasteiger partial charge >= 0.3 is 0 Å². The SMILES string of the molecule is CC/C=C\C/C=C\C/C=C\C/C=C\C/C=C\C/C=C\CCCCC(=O)NC(COC1OC(CO)C(OC2OC(CO)C(O)C(O)C2O)C(O)C1O)C(O)/C=C/CC/C=C/CC/C=C/CCCCCCCCCCCCC. The predicted molar refractivity (Wildman–Crippen MR) is 304 cm³/mol. The second kappa shape index (κ2) is 46.6. The number of aliphatic hydroxyl groups is 8. The summed E-state index contributed by atoms with van der Waals surface area (Å²) in [5.74, 6) is -0.300. The molecule has 9 N–H and O–H groups in total. The number of allylic oxidation sites excluding steroid dienone is 17. The van der Waals surface area contributed by atoms with Crippen molar-refractivity contribution in [3.8, 4) is 0 Å². The summed E-state index contributed by atoms with van der Waals surface area (Å²) in [6.45, 7) is 2.61. The first kappa shape index (κ1) is 68.8. The first-order valence-corrected chi connectivity index (χ1v) is 29.1.